The minimum Gasteiger partial charge on any atom is -0.486 e. The number of carboxylic acids is 1. The topological polar surface area (TPSA) is 59.4 Å². The second kappa shape index (κ2) is 5.67. The zero-order chi connectivity index (χ0) is 13.8. The Labute approximate surface area is 113 Å². The van der Waals surface area contributed by atoms with Crippen LogP contribution in [0.2, 0.25) is 5.02 Å². The van der Waals surface area contributed by atoms with Gasteiger partial charge in [0.05, 0.1) is 10.7 Å². The lowest BCUT2D eigenvalue weighted by Crippen LogP contribution is -2.05. The van der Waals surface area contributed by atoms with Gasteiger partial charge in [0.1, 0.15) is 23.9 Å². The van der Waals surface area contributed by atoms with Gasteiger partial charge in [-0.05, 0) is 30.3 Å². The maximum absolute atomic E-state index is 12.8. The minimum atomic E-state index is -1.11. The molecule has 0 saturated heterocycles. The fourth-order valence-electron chi connectivity index (χ4n) is 1.42. The molecule has 0 aliphatic rings. The molecule has 1 aromatic heterocycles. The van der Waals surface area contributed by atoms with E-state index in [1.54, 1.807) is 12.1 Å². The van der Waals surface area contributed by atoms with Crippen LogP contribution in [0.15, 0.2) is 36.4 Å². The van der Waals surface area contributed by atoms with Gasteiger partial charge in [-0.25, -0.2) is 14.2 Å². The van der Waals surface area contributed by atoms with Gasteiger partial charge in [-0.3, -0.25) is 0 Å². The van der Waals surface area contributed by atoms with Gasteiger partial charge in [0.15, 0.2) is 0 Å². The Kier molecular flexibility index (Phi) is 3.97. The number of hydrogen-bond donors (Lipinski definition) is 1. The number of hydrogen-bond acceptors (Lipinski definition) is 3. The molecular formula is C13H9ClFNO3. The number of aromatic carboxylic acids is 1. The van der Waals surface area contributed by atoms with E-state index in [9.17, 15) is 9.18 Å². The number of halogens is 2. The number of carbonyl (C=O) groups is 1. The Hall–Kier alpha value is -2.14. The molecule has 0 aliphatic heterocycles. The van der Waals surface area contributed by atoms with Crippen LogP contribution in [-0.2, 0) is 6.61 Å². The Morgan fingerprint density at radius 1 is 1.37 bits per heavy atom. The van der Waals surface area contributed by atoms with Crippen molar-refractivity contribution in [1.82, 2.24) is 4.98 Å². The molecule has 19 heavy (non-hydrogen) atoms. The van der Waals surface area contributed by atoms with E-state index in [1.165, 1.54) is 18.2 Å². The first-order valence-corrected chi connectivity index (χ1v) is 5.71. The number of nitrogens with zero attached hydrogens (tertiary/aromatic N) is 1. The highest BCUT2D eigenvalue weighted by Crippen LogP contribution is 2.25. The van der Waals surface area contributed by atoms with Gasteiger partial charge in [-0.15, -0.1) is 0 Å². The van der Waals surface area contributed by atoms with Gasteiger partial charge in [0, 0.05) is 0 Å². The fraction of sp³-hybridized carbons (Fsp3) is 0.0769. The van der Waals surface area contributed by atoms with E-state index in [2.05, 4.69) is 4.98 Å². The zero-order valence-electron chi connectivity index (χ0n) is 9.64. The number of benzene rings is 1. The van der Waals surface area contributed by atoms with Crippen LogP contribution in [0.5, 0.6) is 5.75 Å². The normalized spacial score (nSPS) is 10.2. The largest absolute Gasteiger partial charge is 0.486 e. The van der Waals surface area contributed by atoms with Crippen LogP contribution < -0.4 is 4.74 Å². The van der Waals surface area contributed by atoms with E-state index in [1.807, 2.05) is 0 Å². The average Bonchev–Trinajstić information content (AvgIpc) is 2.38. The van der Waals surface area contributed by atoms with Crippen molar-refractivity contribution in [3.63, 3.8) is 0 Å². The summed E-state index contributed by atoms with van der Waals surface area (Å²) < 4.78 is 18.2. The van der Waals surface area contributed by atoms with Crippen molar-refractivity contribution in [2.24, 2.45) is 0 Å². The van der Waals surface area contributed by atoms with Crippen molar-refractivity contribution in [3.8, 4) is 5.75 Å². The average molecular weight is 282 g/mol. The molecule has 1 heterocycles. The van der Waals surface area contributed by atoms with Crippen LogP contribution in [0, 0.1) is 5.82 Å². The van der Waals surface area contributed by atoms with Crippen molar-refractivity contribution >= 4 is 17.6 Å². The highest BCUT2D eigenvalue weighted by Gasteiger charge is 2.07. The number of rotatable bonds is 4. The van der Waals surface area contributed by atoms with Gasteiger partial charge < -0.3 is 9.84 Å². The molecule has 1 aromatic carbocycles. The highest BCUT2D eigenvalue weighted by atomic mass is 35.5. The number of ether oxygens (including phenoxy) is 1. The third kappa shape index (κ3) is 3.42. The third-order valence-electron chi connectivity index (χ3n) is 2.30. The molecule has 0 radical (unpaired) electrons. The van der Waals surface area contributed by atoms with E-state index >= 15 is 0 Å². The molecule has 2 rings (SSSR count). The van der Waals surface area contributed by atoms with Gasteiger partial charge in [0.2, 0.25) is 0 Å². The lowest BCUT2D eigenvalue weighted by Gasteiger charge is -2.07. The van der Waals surface area contributed by atoms with Gasteiger partial charge in [-0.1, -0.05) is 17.7 Å². The van der Waals surface area contributed by atoms with Crippen molar-refractivity contribution < 1.29 is 19.0 Å². The quantitative estimate of drug-likeness (QED) is 0.935. The van der Waals surface area contributed by atoms with Crippen molar-refractivity contribution in [2.75, 3.05) is 0 Å². The molecule has 0 aliphatic carbocycles. The number of carboxylic acid groups (broad SMARTS) is 1. The molecule has 0 amide bonds. The zero-order valence-corrected chi connectivity index (χ0v) is 10.4. The second-order valence-corrected chi connectivity index (χ2v) is 4.09. The molecule has 0 atom stereocenters. The molecule has 0 saturated carbocycles. The summed E-state index contributed by atoms with van der Waals surface area (Å²) in [7, 11) is 0. The SMILES string of the molecule is O=C(O)c1cccc(COc2ccc(F)cc2Cl)n1. The first kappa shape index (κ1) is 13.3. The molecule has 0 spiro atoms. The Bertz CT molecular complexity index is 619. The maximum atomic E-state index is 12.8. The van der Waals surface area contributed by atoms with E-state index in [4.69, 9.17) is 21.4 Å². The Morgan fingerprint density at radius 3 is 2.84 bits per heavy atom. The van der Waals surface area contributed by atoms with Gasteiger partial charge >= 0.3 is 5.97 Å². The molecule has 4 nitrogen and oxygen atoms in total. The molecule has 0 bridgehead atoms. The third-order valence-corrected chi connectivity index (χ3v) is 2.59. The predicted molar refractivity (Wildman–Crippen MR) is 66.9 cm³/mol. The van der Waals surface area contributed by atoms with Gasteiger partial charge in [0.25, 0.3) is 0 Å². The molecule has 0 unspecified atom stereocenters. The maximum Gasteiger partial charge on any atom is 0.354 e. The van der Waals surface area contributed by atoms with Crippen LogP contribution >= 0.6 is 11.6 Å². The minimum absolute atomic E-state index is 0.0481. The van der Waals surface area contributed by atoms with E-state index in [0.717, 1.165) is 6.07 Å². The Balaban J connectivity index is 2.10. The number of aromatic nitrogens is 1. The van der Waals surface area contributed by atoms with Crippen LogP contribution in [0.4, 0.5) is 4.39 Å². The summed E-state index contributed by atoms with van der Waals surface area (Å²) in [5.41, 5.74) is 0.381. The summed E-state index contributed by atoms with van der Waals surface area (Å²) in [5.74, 6) is -1.25. The fourth-order valence-corrected chi connectivity index (χ4v) is 1.64. The molecule has 0 fully saturated rings. The molecule has 98 valence electrons. The van der Waals surface area contributed by atoms with Crippen molar-refractivity contribution in [2.45, 2.75) is 6.61 Å². The lowest BCUT2D eigenvalue weighted by atomic mass is 10.3. The summed E-state index contributed by atoms with van der Waals surface area (Å²) in [6, 6.07) is 8.35. The van der Waals surface area contributed by atoms with Gasteiger partial charge in [-0.2, -0.15) is 0 Å². The summed E-state index contributed by atoms with van der Waals surface area (Å²) in [6.45, 7) is 0.0481. The van der Waals surface area contributed by atoms with Crippen LogP contribution in [-0.4, -0.2) is 16.1 Å². The van der Waals surface area contributed by atoms with Crippen molar-refractivity contribution in [1.29, 1.82) is 0 Å². The standard InChI is InChI=1S/C13H9ClFNO3/c14-10-6-8(15)4-5-12(10)19-7-9-2-1-3-11(16-9)13(17)18/h1-6H,7H2,(H,17,18). The molecular weight excluding hydrogens is 273 g/mol. The first-order valence-electron chi connectivity index (χ1n) is 5.33. The van der Waals surface area contributed by atoms with E-state index in [-0.39, 0.29) is 17.3 Å². The van der Waals surface area contributed by atoms with E-state index in [0.29, 0.717) is 11.4 Å². The van der Waals surface area contributed by atoms with Crippen LogP contribution in [0.1, 0.15) is 16.2 Å². The monoisotopic (exact) mass is 281 g/mol. The van der Waals surface area contributed by atoms with Crippen LogP contribution in [0.25, 0.3) is 0 Å². The summed E-state index contributed by atoms with van der Waals surface area (Å²) in [4.78, 5) is 14.6. The molecule has 2 aromatic rings. The lowest BCUT2D eigenvalue weighted by molar-refractivity contribution is 0.0690. The van der Waals surface area contributed by atoms with E-state index < -0.39 is 11.8 Å². The molecule has 6 heteroatoms. The highest BCUT2D eigenvalue weighted by molar-refractivity contribution is 6.32. The smallest absolute Gasteiger partial charge is 0.354 e. The van der Waals surface area contributed by atoms with Crippen molar-refractivity contribution in [3.05, 3.63) is 58.6 Å². The summed E-state index contributed by atoms with van der Waals surface area (Å²) >= 11 is 5.80. The number of pyridine rings is 1. The summed E-state index contributed by atoms with van der Waals surface area (Å²) in [5, 5.41) is 8.95. The summed E-state index contributed by atoms with van der Waals surface area (Å²) in [6.07, 6.45) is 0. The van der Waals surface area contributed by atoms with Crippen LogP contribution in [0.3, 0.4) is 0 Å². The second-order valence-electron chi connectivity index (χ2n) is 3.68. The molecule has 1 N–H and O–H groups in total. The first-order chi connectivity index (χ1) is 9.06. The predicted octanol–water partition coefficient (Wildman–Crippen LogP) is 3.15. The Morgan fingerprint density at radius 2 is 2.16 bits per heavy atom.